The predicted octanol–water partition coefficient (Wildman–Crippen LogP) is 5.01. The fraction of sp³-hybridized carbons (Fsp3) is 0.667. The Balaban J connectivity index is 1.40. The summed E-state index contributed by atoms with van der Waals surface area (Å²) in [5.74, 6) is 3.98. The van der Waals surface area contributed by atoms with Crippen molar-refractivity contribution in [3.8, 4) is 0 Å². The van der Waals surface area contributed by atoms with Crippen LogP contribution >= 0.6 is 0 Å². The highest BCUT2D eigenvalue weighted by molar-refractivity contribution is 5.53. The fourth-order valence-electron chi connectivity index (χ4n) is 4.67. The van der Waals surface area contributed by atoms with E-state index in [9.17, 15) is 0 Å². The monoisotopic (exact) mass is 368 g/mol. The molecule has 2 saturated carbocycles. The van der Waals surface area contributed by atoms with Crippen LogP contribution in [0.2, 0.25) is 0 Å². The predicted molar refractivity (Wildman–Crippen MR) is 110 cm³/mol. The average Bonchev–Trinajstić information content (AvgIpc) is 3.39. The standard InChI is InChI=1S/C21H32N6/c1-3-15-8-10-17(11-9-15)27(2)21-22-13-12-19(24-21)23-20-14-18(25-26-20)16-6-4-5-7-16/h12-17H,3-11H2,1-2H3,(H2,22,23,24,25,26). The number of nitrogens with one attached hydrogen (secondary N) is 2. The summed E-state index contributed by atoms with van der Waals surface area (Å²) in [5.41, 5.74) is 1.24. The first-order valence-corrected chi connectivity index (χ1v) is 10.6. The second-order valence-electron chi connectivity index (χ2n) is 8.25. The lowest BCUT2D eigenvalue weighted by atomic mass is 9.84. The normalized spacial score (nSPS) is 23.5. The van der Waals surface area contributed by atoms with Crippen LogP contribution in [-0.4, -0.2) is 33.3 Å². The number of anilines is 3. The van der Waals surface area contributed by atoms with Crippen LogP contribution < -0.4 is 10.2 Å². The summed E-state index contributed by atoms with van der Waals surface area (Å²) < 4.78 is 0. The van der Waals surface area contributed by atoms with Gasteiger partial charge in [-0.3, -0.25) is 5.10 Å². The molecule has 0 saturated heterocycles. The Morgan fingerprint density at radius 1 is 1.11 bits per heavy atom. The maximum atomic E-state index is 4.74. The number of nitrogens with zero attached hydrogens (tertiary/aromatic N) is 4. The Kier molecular flexibility index (Phi) is 5.60. The van der Waals surface area contributed by atoms with E-state index >= 15 is 0 Å². The molecular formula is C21H32N6. The minimum Gasteiger partial charge on any atom is -0.341 e. The first kappa shape index (κ1) is 18.3. The topological polar surface area (TPSA) is 69.7 Å². The van der Waals surface area contributed by atoms with Gasteiger partial charge in [0.2, 0.25) is 5.95 Å². The SMILES string of the molecule is CCC1CCC(N(C)c2nccc(Nc3cc(C4CCCC4)[nH]n3)n2)CC1. The highest BCUT2D eigenvalue weighted by Crippen LogP contribution is 2.34. The van der Waals surface area contributed by atoms with E-state index in [0.29, 0.717) is 12.0 Å². The number of hydrogen-bond acceptors (Lipinski definition) is 5. The highest BCUT2D eigenvalue weighted by atomic mass is 15.3. The van der Waals surface area contributed by atoms with Crippen LogP contribution in [0.4, 0.5) is 17.6 Å². The number of H-pyrrole nitrogens is 1. The Morgan fingerprint density at radius 3 is 2.63 bits per heavy atom. The zero-order chi connectivity index (χ0) is 18.6. The van der Waals surface area contributed by atoms with Crippen molar-refractivity contribution in [3.63, 3.8) is 0 Å². The van der Waals surface area contributed by atoms with Crippen LogP contribution in [0.5, 0.6) is 0 Å². The zero-order valence-corrected chi connectivity index (χ0v) is 16.6. The van der Waals surface area contributed by atoms with E-state index in [-0.39, 0.29) is 0 Å². The maximum absolute atomic E-state index is 4.74. The molecule has 0 aliphatic heterocycles. The molecule has 0 atom stereocenters. The number of aromatic nitrogens is 4. The minimum atomic E-state index is 0.544. The third-order valence-corrected chi connectivity index (χ3v) is 6.55. The van der Waals surface area contributed by atoms with Gasteiger partial charge in [0.15, 0.2) is 5.82 Å². The van der Waals surface area contributed by atoms with Gasteiger partial charge in [0.1, 0.15) is 5.82 Å². The second kappa shape index (κ2) is 8.28. The Morgan fingerprint density at radius 2 is 1.89 bits per heavy atom. The number of aromatic amines is 1. The summed E-state index contributed by atoms with van der Waals surface area (Å²) in [6, 6.07) is 4.59. The van der Waals surface area contributed by atoms with Gasteiger partial charge in [0, 0.05) is 37.0 Å². The van der Waals surface area contributed by atoms with Crippen molar-refractivity contribution in [2.45, 2.75) is 76.7 Å². The van der Waals surface area contributed by atoms with Crippen LogP contribution in [0.1, 0.15) is 76.3 Å². The van der Waals surface area contributed by atoms with Gasteiger partial charge in [-0.05, 0) is 50.5 Å². The van der Waals surface area contributed by atoms with Crippen molar-refractivity contribution in [2.75, 3.05) is 17.3 Å². The molecular weight excluding hydrogens is 336 g/mol. The molecule has 27 heavy (non-hydrogen) atoms. The Labute approximate surface area is 162 Å². The van der Waals surface area contributed by atoms with E-state index in [1.807, 2.05) is 12.3 Å². The van der Waals surface area contributed by atoms with Crippen molar-refractivity contribution >= 4 is 17.6 Å². The van der Waals surface area contributed by atoms with Gasteiger partial charge >= 0.3 is 0 Å². The molecule has 2 aromatic heterocycles. The van der Waals surface area contributed by atoms with Gasteiger partial charge in [-0.2, -0.15) is 10.1 Å². The van der Waals surface area contributed by atoms with Crippen molar-refractivity contribution in [1.82, 2.24) is 20.2 Å². The third-order valence-electron chi connectivity index (χ3n) is 6.55. The molecule has 6 heteroatoms. The lowest BCUT2D eigenvalue weighted by Crippen LogP contribution is -2.36. The highest BCUT2D eigenvalue weighted by Gasteiger charge is 2.24. The molecule has 6 nitrogen and oxygen atoms in total. The van der Waals surface area contributed by atoms with Crippen molar-refractivity contribution in [2.24, 2.45) is 5.92 Å². The van der Waals surface area contributed by atoms with Gasteiger partial charge in [-0.25, -0.2) is 4.98 Å². The zero-order valence-electron chi connectivity index (χ0n) is 16.6. The van der Waals surface area contributed by atoms with Crippen LogP contribution in [0, 0.1) is 5.92 Å². The fourth-order valence-corrected chi connectivity index (χ4v) is 4.67. The molecule has 0 bridgehead atoms. The molecule has 2 N–H and O–H groups in total. The summed E-state index contributed by atoms with van der Waals surface area (Å²) in [5, 5.41) is 11.0. The van der Waals surface area contributed by atoms with E-state index in [4.69, 9.17) is 4.98 Å². The van der Waals surface area contributed by atoms with Gasteiger partial charge < -0.3 is 10.2 Å². The van der Waals surface area contributed by atoms with E-state index in [2.05, 4.69) is 45.4 Å². The molecule has 2 aliphatic rings. The molecule has 0 amide bonds. The molecule has 2 aliphatic carbocycles. The quantitative estimate of drug-likeness (QED) is 0.750. The summed E-state index contributed by atoms with van der Waals surface area (Å²) >= 11 is 0. The summed E-state index contributed by atoms with van der Waals surface area (Å²) in [4.78, 5) is 11.5. The largest absolute Gasteiger partial charge is 0.341 e. The van der Waals surface area contributed by atoms with E-state index < -0.39 is 0 Å². The Hall–Kier alpha value is -2.11. The van der Waals surface area contributed by atoms with Crippen molar-refractivity contribution in [3.05, 3.63) is 24.0 Å². The van der Waals surface area contributed by atoms with Gasteiger partial charge in [0.05, 0.1) is 0 Å². The summed E-state index contributed by atoms with van der Waals surface area (Å²) in [6.07, 6.45) is 13.4. The second-order valence-corrected chi connectivity index (χ2v) is 8.25. The first-order valence-electron chi connectivity index (χ1n) is 10.6. The van der Waals surface area contributed by atoms with E-state index in [0.717, 1.165) is 23.5 Å². The third kappa shape index (κ3) is 4.25. The van der Waals surface area contributed by atoms with Crippen LogP contribution in [-0.2, 0) is 0 Å². The lowest BCUT2D eigenvalue weighted by molar-refractivity contribution is 0.312. The number of rotatable bonds is 6. The van der Waals surface area contributed by atoms with Crippen LogP contribution in [0.15, 0.2) is 18.3 Å². The average molecular weight is 369 g/mol. The molecule has 2 aromatic rings. The smallest absolute Gasteiger partial charge is 0.227 e. The maximum Gasteiger partial charge on any atom is 0.227 e. The number of hydrogen-bond donors (Lipinski definition) is 2. The van der Waals surface area contributed by atoms with Crippen LogP contribution in [0.3, 0.4) is 0 Å². The molecule has 2 heterocycles. The summed E-state index contributed by atoms with van der Waals surface area (Å²) in [7, 11) is 2.13. The minimum absolute atomic E-state index is 0.544. The van der Waals surface area contributed by atoms with Gasteiger partial charge in [-0.1, -0.05) is 26.2 Å². The molecule has 2 fully saturated rings. The van der Waals surface area contributed by atoms with Crippen molar-refractivity contribution in [1.29, 1.82) is 0 Å². The van der Waals surface area contributed by atoms with E-state index in [1.165, 1.54) is 63.5 Å². The summed E-state index contributed by atoms with van der Waals surface area (Å²) in [6.45, 7) is 2.31. The first-order chi connectivity index (χ1) is 13.2. The van der Waals surface area contributed by atoms with E-state index in [1.54, 1.807) is 0 Å². The molecule has 0 spiro atoms. The van der Waals surface area contributed by atoms with Gasteiger partial charge in [0.25, 0.3) is 0 Å². The molecule has 0 radical (unpaired) electrons. The molecule has 146 valence electrons. The molecule has 0 unspecified atom stereocenters. The lowest BCUT2D eigenvalue weighted by Gasteiger charge is -2.34. The van der Waals surface area contributed by atoms with Crippen molar-refractivity contribution < 1.29 is 0 Å². The van der Waals surface area contributed by atoms with Gasteiger partial charge in [-0.15, -0.1) is 0 Å². The Bertz CT molecular complexity index is 728. The van der Waals surface area contributed by atoms with Crippen LogP contribution in [0.25, 0.3) is 0 Å². The molecule has 4 rings (SSSR count). The molecule has 0 aromatic carbocycles.